The van der Waals surface area contributed by atoms with Crippen LogP contribution in [0.15, 0.2) is 24.3 Å². The van der Waals surface area contributed by atoms with Crippen LogP contribution in [0.5, 0.6) is 0 Å². The molecule has 2 saturated heterocycles. The minimum absolute atomic E-state index is 0.0347. The van der Waals surface area contributed by atoms with Gasteiger partial charge in [-0.3, -0.25) is 14.4 Å². The summed E-state index contributed by atoms with van der Waals surface area (Å²) >= 11 is 0. The minimum atomic E-state index is -0.979. The fourth-order valence-electron chi connectivity index (χ4n) is 6.64. The Morgan fingerprint density at radius 2 is 1.76 bits per heavy atom. The lowest BCUT2D eigenvalue weighted by molar-refractivity contribution is -0.139. The molecular weight excluding hydrogens is 484 g/mol. The summed E-state index contributed by atoms with van der Waals surface area (Å²) < 4.78 is 11.0. The van der Waals surface area contributed by atoms with Crippen molar-refractivity contribution in [2.24, 2.45) is 17.8 Å². The highest BCUT2D eigenvalue weighted by Gasteiger charge is 2.52. The first-order valence-corrected chi connectivity index (χ1v) is 14.5. The van der Waals surface area contributed by atoms with Gasteiger partial charge in [0.15, 0.2) is 0 Å². The van der Waals surface area contributed by atoms with Crippen molar-refractivity contribution in [3.8, 4) is 0 Å². The number of aliphatic hydroxyl groups is 1. The molecule has 1 saturated carbocycles. The average Bonchev–Trinajstić information content (AvgIpc) is 3.55. The molecule has 4 rings (SSSR count). The number of ether oxygens (including phenoxy) is 2. The number of esters is 1. The Kier molecular flexibility index (Phi) is 10.6. The SMILES string of the molecule is COC(=O)Cc1ccccc1C[C@@H]1[C@H](C(=O)N[C@@H](CO)C(=O)NCCCCC2CCCCC2)[C@H]2CC[C@@H]1O2. The first-order chi connectivity index (χ1) is 18.5. The van der Waals surface area contributed by atoms with E-state index in [9.17, 15) is 19.5 Å². The molecule has 0 radical (unpaired) electrons. The number of hydrogen-bond donors (Lipinski definition) is 3. The van der Waals surface area contributed by atoms with Crippen molar-refractivity contribution >= 4 is 17.8 Å². The Balaban J connectivity index is 1.30. The van der Waals surface area contributed by atoms with Crippen LogP contribution in [-0.2, 0) is 36.7 Å². The molecule has 2 amide bonds. The summed E-state index contributed by atoms with van der Waals surface area (Å²) in [5.74, 6) is -0.538. The third-order valence-electron chi connectivity index (χ3n) is 8.74. The van der Waals surface area contributed by atoms with Gasteiger partial charge in [-0.05, 0) is 42.7 Å². The van der Waals surface area contributed by atoms with E-state index in [1.54, 1.807) is 0 Å². The Morgan fingerprint density at radius 1 is 1.03 bits per heavy atom. The van der Waals surface area contributed by atoms with E-state index in [1.807, 2.05) is 24.3 Å². The lowest BCUT2D eigenvalue weighted by Gasteiger charge is -2.29. The molecule has 5 atom stereocenters. The maximum Gasteiger partial charge on any atom is 0.309 e. The summed E-state index contributed by atoms with van der Waals surface area (Å²) in [4.78, 5) is 38.1. The lowest BCUT2D eigenvalue weighted by atomic mass is 9.75. The van der Waals surface area contributed by atoms with Gasteiger partial charge in [0.1, 0.15) is 6.04 Å². The normalized spacial score (nSPS) is 25.6. The third-order valence-corrected chi connectivity index (χ3v) is 8.74. The van der Waals surface area contributed by atoms with Gasteiger partial charge in [-0.1, -0.05) is 69.2 Å². The lowest BCUT2D eigenvalue weighted by Crippen LogP contribution is -2.53. The fraction of sp³-hybridized carbons (Fsp3) is 0.700. The minimum Gasteiger partial charge on any atom is -0.469 e. The summed E-state index contributed by atoms with van der Waals surface area (Å²) in [5, 5.41) is 15.6. The molecule has 8 heteroatoms. The second kappa shape index (κ2) is 14.1. The second-order valence-corrected chi connectivity index (χ2v) is 11.2. The smallest absolute Gasteiger partial charge is 0.309 e. The molecule has 8 nitrogen and oxygen atoms in total. The van der Waals surface area contributed by atoms with Crippen LogP contribution in [0, 0.1) is 17.8 Å². The number of methoxy groups -OCH3 is 1. The van der Waals surface area contributed by atoms with E-state index in [0.717, 1.165) is 42.7 Å². The number of carbonyl (C=O) groups is 3. The zero-order valence-electron chi connectivity index (χ0n) is 22.7. The maximum atomic E-state index is 13.4. The molecule has 3 N–H and O–H groups in total. The Hall–Kier alpha value is -2.45. The van der Waals surface area contributed by atoms with Crippen LogP contribution in [0.3, 0.4) is 0 Å². The van der Waals surface area contributed by atoms with Crippen molar-refractivity contribution in [2.75, 3.05) is 20.3 Å². The van der Waals surface area contributed by atoms with Gasteiger partial charge < -0.3 is 25.2 Å². The first-order valence-electron chi connectivity index (χ1n) is 14.5. The molecular formula is C30H44N2O6. The predicted octanol–water partition coefficient (Wildman–Crippen LogP) is 3.08. The number of rotatable bonds is 13. The van der Waals surface area contributed by atoms with E-state index in [1.165, 1.54) is 45.6 Å². The van der Waals surface area contributed by atoms with E-state index in [-0.39, 0.29) is 42.3 Å². The van der Waals surface area contributed by atoms with Gasteiger partial charge in [0.25, 0.3) is 0 Å². The molecule has 2 heterocycles. The van der Waals surface area contributed by atoms with Crippen LogP contribution in [0.1, 0.15) is 75.3 Å². The van der Waals surface area contributed by atoms with Crippen molar-refractivity contribution in [3.05, 3.63) is 35.4 Å². The van der Waals surface area contributed by atoms with Crippen molar-refractivity contribution in [3.63, 3.8) is 0 Å². The molecule has 210 valence electrons. The van der Waals surface area contributed by atoms with Gasteiger partial charge >= 0.3 is 5.97 Å². The van der Waals surface area contributed by atoms with Gasteiger partial charge in [0.05, 0.1) is 38.3 Å². The molecule has 1 aromatic carbocycles. The van der Waals surface area contributed by atoms with Crippen LogP contribution in [-0.4, -0.2) is 61.4 Å². The first kappa shape index (κ1) is 28.6. The molecule has 0 spiro atoms. The highest BCUT2D eigenvalue weighted by molar-refractivity contribution is 5.89. The Morgan fingerprint density at radius 3 is 2.50 bits per heavy atom. The maximum absolute atomic E-state index is 13.4. The molecule has 0 unspecified atom stereocenters. The quantitative estimate of drug-likeness (QED) is 0.268. The summed E-state index contributed by atoms with van der Waals surface area (Å²) in [6.07, 6.45) is 12.2. The number of fused-ring (bicyclic) bond motifs is 2. The zero-order chi connectivity index (χ0) is 26.9. The summed E-state index contributed by atoms with van der Waals surface area (Å²) in [7, 11) is 1.38. The van der Waals surface area contributed by atoms with Crippen LogP contribution in [0.4, 0.5) is 0 Å². The topological polar surface area (TPSA) is 114 Å². The molecule has 1 aromatic rings. The number of unbranched alkanes of at least 4 members (excludes halogenated alkanes) is 1. The summed E-state index contributed by atoms with van der Waals surface area (Å²) in [6, 6.07) is 6.74. The molecule has 1 aliphatic carbocycles. The van der Waals surface area contributed by atoms with E-state index in [0.29, 0.717) is 13.0 Å². The Labute approximate surface area is 226 Å². The number of carbonyl (C=O) groups excluding carboxylic acids is 3. The van der Waals surface area contributed by atoms with Gasteiger partial charge in [-0.25, -0.2) is 0 Å². The highest BCUT2D eigenvalue weighted by atomic mass is 16.5. The van der Waals surface area contributed by atoms with Crippen molar-refractivity contribution in [2.45, 2.75) is 95.3 Å². The average molecular weight is 529 g/mol. The van der Waals surface area contributed by atoms with Gasteiger partial charge in [-0.15, -0.1) is 0 Å². The Bertz CT molecular complexity index is 946. The number of aliphatic hydroxyl groups excluding tert-OH is 1. The van der Waals surface area contributed by atoms with Crippen molar-refractivity contribution in [1.82, 2.24) is 10.6 Å². The van der Waals surface area contributed by atoms with Gasteiger partial charge in [0.2, 0.25) is 11.8 Å². The molecule has 3 fully saturated rings. The molecule has 2 aliphatic heterocycles. The van der Waals surface area contributed by atoms with Crippen molar-refractivity contribution in [1.29, 1.82) is 0 Å². The van der Waals surface area contributed by atoms with Crippen LogP contribution in [0.2, 0.25) is 0 Å². The number of benzene rings is 1. The standard InChI is InChI=1S/C30H44N2O6/c1-37-27(34)18-22-13-6-5-12-21(22)17-23-25-14-15-26(38-25)28(23)30(36)32-24(19-33)29(35)31-16-8-7-11-20-9-3-2-4-10-20/h5-6,12-13,20,23-26,28,33H,2-4,7-11,14-19H2,1H3,(H,31,35)(H,32,36)/t23-,24-,25-,26+,28-/m0/s1. The third kappa shape index (κ3) is 7.35. The number of nitrogens with one attached hydrogen (secondary N) is 2. The van der Waals surface area contributed by atoms with Gasteiger partial charge in [0, 0.05) is 12.5 Å². The second-order valence-electron chi connectivity index (χ2n) is 11.2. The zero-order valence-corrected chi connectivity index (χ0v) is 22.7. The highest BCUT2D eigenvalue weighted by Crippen LogP contribution is 2.45. The van der Waals surface area contributed by atoms with E-state index < -0.39 is 18.6 Å². The van der Waals surface area contributed by atoms with E-state index in [2.05, 4.69) is 10.6 Å². The molecule has 3 aliphatic rings. The van der Waals surface area contributed by atoms with Crippen LogP contribution < -0.4 is 10.6 Å². The number of amides is 2. The largest absolute Gasteiger partial charge is 0.469 e. The molecule has 0 aromatic heterocycles. The van der Waals surface area contributed by atoms with Gasteiger partial charge in [-0.2, -0.15) is 0 Å². The summed E-state index contributed by atoms with van der Waals surface area (Å²) in [5.41, 5.74) is 1.89. The van der Waals surface area contributed by atoms with E-state index in [4.69, 9.17) is 9.47 Å². The van der Waals surface area contributed by atoms with Crippen LogP contribution in [0.25, 0.3) is 0 Å². The fourth-order valence-corrected chi connectivity index (χ4v) is 6.64. The van der Waals surface area contributed by atoms with Crippen molar-refractivity contribution < 1.29 is 29.0 Å². The number of hydrogen-bond acceptors (Lipinski definition) is 6. The van der Waals surface area contributed by atoms with E-state index >= 15 is 0 Å². The molecule has 38 heavy (non-hydrogen) atoms. The predicted molar refractivity (Wildman–Crippen MR) is 143 cm³/mol. The summed E-state index contributed by atoms with van der Waals surface area (Å²) in [6.45, 7) is 0.0999. The monoisotopic (exact) mass is 528 g/mol. The molecule has 2 bridgehead atoms. The van der Waals surface area contributed by atoms with Crippen LogP contribution >= 0.6 is 0 Å².